The van der Waals surface area contributed by atoms with Gasteiger partial charge in [0, 0.05) is 30.5 Å². The largest absolute Gasteiger partial charge is 0.497 e. The van der Waals surface area contributed by atoms with Gasteiger partial charge in [0.25, 0.3) is 0 Å². The fourth-order valence-corrected chi connectivity index (χ4v) is 3.84. The lowest BCUT2D eigenvalue weighted by Crippen LogP contribution is -2.29. The van der Waals surface area contributed by atoms with Crippen molar-refractivity contribution in [3.05, 3.63) is 76.3 Å². The topological polar surface area (TPSA) is 80.3 Å². The summed E-state index contributed by atoms with van der Waals surface area (Å²) in [5.74, 6) is -1.18. The lowest BCUT2D eigenvalue weighted by molar-refractivity contribution is -0.120. The van der Waals surface area contributed by atoms with E-state index in [2.05, 4.69) is 15.6 Å². The number of ether oxygens (including phenoxy) is 1. The molecule has 0 saturated heterocycles. The molecule has 0 saturated carbocycles. The number of rotatable bonds is 8. The predicted molar refractivity (Wildman–Crippen MR) is 114 cm³/mol. The first kappa shape index (κ1) is 22.4. The molecule has 1 atom stereocenters. The van der Waals surface area contributed by atoms with Crippen molar-refractivity contribution in [3.8, 4) is 5.75 Å². The van der Waals surface area contributed by atoms with Gasteiger partial charge in [0.15, 0.2) is 5.13 Å². The summed E-state index contributed by atoms with van der Waals surface area (Å²) in [6.07, 6.45) is 1.78. The van der Waals surface area contributed by atoms with Gasteiger partial charge in [-0.25, -0.2) is 13.8 Å². The van der Waals surface area contributed by atoms with E-state index in [1.807, 2.05) is 0 Å². The zero-order valence-corrected chi connectivity index (χ0v) is 17.8. The molecule has 0 aliphatic rings. The van der Waals surface area contributed by atoms with Crippen molar-refractivity contribution < 1.29 is 23.1 Å². The van der Waals surface area contributed by atoms with Crippen LogP contribution < -0.4 is 15.4 Å². The van der Waals surface area contributed by atoms with Crippen LogP contribution in [-0.4, -0.2) is 23.9 Å². The molecule has 2 N–H and O–H groups in total. The third kappa shape index (κ3) is 6.32. The zero-order chi connectivity index (χ0) is 22.4. The van der Waals surface area contributed by atoms with Crippen LogP contribution in [0.5, 0.6) is 5.75 Å². The smallest absolute Gasteiger partial charge is 0.228 e. The number of thiazole rings is 1. The van der Waals surface area contributed by atoms with Gasteiger partial charge in [-0.15, -0.1) is 11.3 Å². The molecular formula is C22H21F2N3O3S. The van der Waals surface area contributed by atoms with Crippen molar-refractivity contribution in [2.45, 2.75) is 25.8 Å². The maximum atomic E-state index is 13.8. The third-order valence-electron chi connectivity index (χ3n) is 4.46. The number of carbonyl (C=O) groups excluding carboxylic acids is 2. The SMILES string of the molecule is COc1ccc(C(CC(=O)Nc2ncc(Cc3ccc(F)cc3F)s2)NC(C)=O)cc1. The first-order valence-corrected chi connectivity index (χ1v) is 10.2. The molecule has 2 amide bonds. The van der Waals surface area contributed by atoms with Crippen molar-refractivity contribution >= 4 is 28.3 Å². The lowest BCUT2D eigenvalue weighted by atomic mass is 10.0. The summed E-state index contributed by atoms with van der Waals surface area (Å²) in [6, 6.07) is 9.97. The average molecular weight is 445 g/mol. The Bertz CT molecular complexity index is 1070. The molecular weight excluding hydrogens is 424 g/mol. The summed E-state index contributed by atoms with van der Waals surface area (Å²) >= 11 is 1.20. The quantitative estimate of drug-likeness (QED) is 0.544. The fourth-order valence-electron chi connectivity index (χ4n) is 2.99. The van der Waals surface area contributed by atoms with E-state index in [9.17, 15) is 18.4 Å². The second-order valence-corrected chi connectivity index (χ2v) is 7.94. The van der Waals surface area contributed by atoms with Gasteiger partial charge in [0.2, 0.25) is 11.8 Å². The number of aromatic nitrogens is 1. The predicted octanol–water partition coefficient (Wildman–Crippen LogP) is 4.23. The molecule has 0 aliphatic heterocycles. The Balaban J connectivity index is 1.64. The highest BCUT2D eigenvalue weighted by Gasteiger charge is 2.18. The van der Waals surface area contributed by atoms with Crippen LogP contribution in [0, 0.1) is 11.6 Å². The van der Waals surface area contributed by atoms with E-state index in [4.69, 9.17) is 4.74 Å². The van der Waals surface area contributed by atoms with Gasteiger partial charge in [-0.3, -0.25) is 9.59 Å². The fraction of sp³-hybridized carbons (Fsp3) is 0.227. The minimum absolute atomic E-state index is 0.00735. The molecule has 0 aliphatic carbocycles. The molecule has 1 unspecified atom stereocenters. The monoisotopic (exact) mass is 445 g/mol. The number of carbonyl (C=O) groups is 2. The average Bonchev–Trinajstić information content (AvgIpc) is 3.16. The van der Waals surface area contributed by atoms with Crippen LogP contribution in [0.4, 0.5) is 13.9 Å². The highest BCUT2D eigenvalue weighted by atomic mass is 32.1. The van der Waals surface area contributed by atoms with Crippen LogP contribution in [0.3, 0.4) is 0 Å². The summed E-state index contributed by atoms with van der Waals surface area (Å²) in [4.78, 5) is 29.0. The Morgan fingerprint density at radius 1 is 1.16 bits per heavy atom. The van der Waals surface area contributed by atoms with E-state index < -0.39 is 17.7 Å². The van der Waals surface area contributed by atoms with Crippen LogP contribution in [0.2, 0.25) is 0 Å². The van der Waals surface area contributed by atoms with Crippen LogP contribution in [0.15, 0.2) is 48.7 Å². The molecule has 1 heterocycles. The Kier molecular flexibility index (Phi) is 7.30. The van der Waals surface area contributed by atoms with Gasteiger partial charge in [-0.05, 0) is 29.3 Å². The first-order valence-electron chi connectivity index (χ1n) is 9.43. The number of nitrogens with zero attached hydrogens (tertiary/aromatic N) is 1. The number of benzene rings is 2. The van der Waals surface area contributed by atoms with Gasteiger partial charge in [0.05, 0.1) is 19.6 Å². The number of nitrogens with one attached hydrogen (secondary N) is 2. The maximum Gasteiger partial charge on any atom is 0.228 e. The molecule has 0 fully saturated rings. The van der Waals surface area contributed by atoms with E-state index >= 15 is 0 Å². The van der Waals surface area contributed by atoms with Crippen molar-refractivity contribution in [2.24, 2.45) is 0 Å². The molecule has 9 heteroatoms. The van der Waals surface area contributed by atoms with Crippen molar-refractivity contribution in [2.75, 3.05) is 12.4 Å². The van der Waals surface area contributed by atoms with Crippen molar-refractivity contribution in [1.82, 2.24) is 10.3 Å². The molecule has 1 aromatic heterocycles. The number of halogens is 2. The normalized spacial score (nSPS) is 11.6. The van der Waals surface area contributed by atoms with E-state index in [0.717, 1.165) is 16.5 Å². The van der Waals surface area contributed by atoms with Crippen LogP contribution in [0.1, 0.15) is 35.4 Å². The number of hydrogen-bond donors (Lipinski definition) is 2. The maximum absolute atomic E-state index is 13.8. The van der Waals surface area contributed by atoms with Gasteiger partial charge < -0.3 is 15.4 Å². The highest BCUT2D eigenvalue weighted by Crippen LogP contribution is 2.25. The molecule has 3 rings (SSSR count). The molecule has 0 radical (unpaired) electrons. The minimum atomic E-state index is -0.635. The number of anilines is 1. The minimum Gasteiger partial charge on any atom is -0.497 e. The standard InChI is InChI=1S/C22H21F2N3O3S/c1-13(28)26-20(14-4-7-17(30-2)8-5-14)11-21(29)27-22-25-12-18(31-22)9-15-3-6-16(23)10-19(15)24/h3-8,10,12,20H,9,11H2,1-2H3,(H,26,28)(H,25,27,29). The summed E-state index contributed by atoms with van der Waals surface area (Å²) in [5, 5.41) is 5.84. The summed E-state index contributed by atoms with van der Waals surface area (Å²) in [6.45, 7) is 1.39. The van der Waals surface area contributed by atoms with Gasteiger partial charge in [-0.2, -0.15) is 0 Å². The van der Waals surface area contributed by atoms with Gasteiger partial charge >= 0.3 is 0 Å². The molecule has 162 valence electrons. The number of methoxy groups -OCH3 is 1. The zero-order valence-electron chi connectivity index (χ0n) is 16.9. The second kappa shape index (κ2) is 10.1. The van der Waals surface area contributed by atoms with Crippen molar-refractivity contribution in [1.29, 1.82) is 0 Å². The van der Waals surface area contributed by atoms with Crippen LogP contribution in [0.25, 0.3) is 0 Å². The van der Waals surface area contributed by atoms with Crippen LogP contribution in [-0.2, 0) is 16.0 Å². The Hall–Kier alpha value is -3.33. The Labute approximate surface area is 182 Å². The summed E-state index contributed by atoms with van der Waals surface area (Å²) < 4.78 is 32.0. The highest BCUT2D eigenvalue weighted by molar-refractivity contribution is 7.15. The number of amides is 2. The van der Waals surface area contributed by atoms with Crippen molar-refractivity contribution in [3.63, 3.8) is 0 Å². The first-order chi connectivity index (χ1) is 14.8. The van der Waals surface area contributed by atoms with E-state index in [-0.39, 0.29) is 24.7 Å². The van der Waals surface area contributed by atoms with E-state index in [1.165, 1.54) is 36.6 Å². The summed E-state index contributed by atoms with van der Waals surface area (Å²) in [7, 11) is 1.56. The summed E-state index contributed by atoms with van der Waals surface area (Å²) in [5.41, 5.74) is 1.10. The molecule has 31 heavy (non-hydrogen) atoms. The Morgan fingerprint density at radius 3 is 2.55 bits per heavy atom. The molecule has 6 nitrogen and oxygen atoms in total. The van der Waals surface area contributed by atoms with Gasteiger partial charge in [-0.1, -0.05) is 18.2 Å². The Morgan fingerprint density at radius 2 is 1.90 bits per heavy atom. The lowest BCUT2D eigenvalue weighted by Gasteiger charge is -2.18. The van der Waals surface area contributed by atoms with E-state index in [1.54, 1.807) is 31.4 Å². The third-order valence-corrected chi connectivity index (χ3v) is 5.38. The molecule has 0 spiro atoms. The van der Waals surface area contributed by atoms with E-state index in [0.29, 0.717) is 16.4 Å². The number of hydrogen-bond acceptors (Lipinski definition) is 5. The molecule has 2 aromatic carbocycles. The van der Waals surface area contributed by atoms with Gasteiger partial charge in [0.1, 0.15) is 17.4 Å². The molecule has 0 bridgehead atoms. The second-order valence-electron chi connectivity index (χ2n) is 6.82. The van der Waals surface area contributed by atoms with Crippen LogP contribution >= 0.6 is 11.3 Å². The molecule has 3 aromatic rings.